The first kappa shape index (κ1) is 18.2. The van der Waals surface area contributed by atoms with Crippen LogP contribution in [0.15, 0.2) is 56.3 Å². The van der Waals surface area contributed by atoms with E-state index < -0.39 is 0 Å². The zero-order valence-corrected chi connectivity index (χ0v) is 17.2. The Morgan fingerprint density at radius 2 is 1.92 bits per heavy atom. The van der Waals surface area contributed by atoms with Gasteiger partial charge in [-0.1, -0.05) is 50.1 Å². The third-order valence-corrected chi connectivity index (χ3v) is 5.81. The predicted molar refractivity (Wildman–Crippen MR) is 106 cm³/mol. The van der Waals surface area contributed by atoms with Crippen molar-refractivity contribution in [3.05, 3.63) is 67.4 Å². The molecule has 0 radical (unpaired) electrons. The van der Waals surface area contributed by atoms with E-state index in [1.807, 2.05) is 36.4 Å². The molecule has 0 unspecified atom stereocenters. The van der Waals surface area contributed by atoms with Crippen LogP contribution in [0, 0.1) is 0 Å². The highest BCUT2D eigenvalue weighted by Crippen LogP contribution is 2.36. The molecule has 1 heterocycles. The molecule has 2 aromatic carbocycles. The normalized spacial score (nSPS) is 16.0. The highest BCUT2D eigenvalue weighted by atomic mass is 79.9. The van der Waals surface area contributed by atoms with Gasteiger partial charge in [-0.25, -0.2) is 0 Å². The van der Waals surface area contributed by atoms with Crippen molar-refractivity contribution in [3.63, 3.8) is 0 Å². The highest BCUT2D eigenvalue weighted by Gasteiger charge is 2.35. The van der Waals surface area contributed by atoms with Crippen LogP contribution < -0.4 is 4.74 Å². The second kappa shape index (κ2) is 7.76. The van der Waals surface area contributed by atoms with Gasteiger partial charge >= 0.3 is 0 Å². The van der Waals surface area contributed by atoms with Crippen molar-refractivity contribution in [3.8, 4) is 5.75 Å². The van der Waals surface area contributed by atoms with Crippen molar-refractivity contribution < 1.29 is 14.3 Å². The summed E-state index contributed by atoms with van der Waals surface area (Å²) in [4.78, 5) is 26.6. The summed E-state index contributed by atoms with van der Waals surface area (Å²) in [6, 6.07) is 13.0. The van der Waals surface area contributed by atoms with Crippen LogP contribution in [-0.2, 0) is 11.3 Å². The maximum Gasteiger partial charge on any atom is 0.293 e. The van der Waals surface area contributed by atoms with Crippen LogP contribution in [-0.4, -0.2) is 23.2 Å². The molecule has 128 valence electrons. The number of rotatable bonds is 4. The van der Waals surface area contributed by atoms with Gasteiger partial charge in [-0.3, -0.25) is 14.5 Å². The summed E-state index contributed by atoms with van der Waals surface area (Å²) in [6.07, 6.45) is 1.69. The van der Waals surface area contributed by atoms with Gasteiger partial charge in [0.1, 0.15) is 5.75 Å². The van der Waals surface area contributed by atoms with E-state index in [-0.39, 0.29) is 17.7 Å². The Kier molecular flexibility index (Phi) is 5.66. The number of thioether (sulfide) groups is 1. The lowest BCUT2D eigenvalue weighted by Gasteiger charge is -2.13. The van der Waals surface area contributed by atoms with E-state index in [1.54, 1.807) is 19.3 Å². The number of carbonyl (C=O) groups is 2. The molecule has 0 aliphatic carbocycles. The molecule has 0 saturated carbocycles. The maximum atomic E-state index is 12.7. The molecule has 0 bridgehead atoms. The van der Waals surface area contributed by atoms with Gasteiger partial charge < -0.3 is 4.74 Å². The maximum absolute atomic E-state index is 12.7. The smallest absolute Gasteiger partial charge is 0.293 e. The minimum atomic E-state index is -0.298. The van der Waals surface area contributed by atoms with Crippen LogP contribution in [0.2, 0.25) is 0 Å². The lowest BCUT2D eigenvalue weighted by Crippen LogP contribution is -2.27. The Morgan fingerprint density at radius 1 is 1.16 bits per heavy atom. The Bertz CT molecular complexity index is 882. The molecule has 25 heavy (non-hydrogen) atoms. The number of hydrogen-bond acceptors (Lipinski definition) is 4. The predicted octanol–water partition coefficient (Wildman–Crippen LogP) is 5.46. The summed E-state index contributed by atoms with van der Waals surface area (Å²) in [5.74, 6) is 0.341. The molecule has 2 amide bonds. The summed E-state index contributed by atoms with van der Waals surface area (Å²) in [5.41, 5.74) is 1.62. The fourth-order valence-corrected chi connectivity index (χ4v) is 4.01. The Hall–Kier alpha value is -1.57. The van der Waals surface area contributed by atoms with Gasteiger partial charge in [0.05, 0.1) is 18.6 Å². The minimum absolute atomic E-state index is 0.235. The van der Waals surface area contributed by atoms with Crippen molar-refractivity contribution in [1.82, 2.24) is 4.90 Å². The SMILES string of the molecule is COc1ccc(Br)cc1/C=C1/SC(=O)N(Cc2ccccc2Br)C1=O. The molecule has 1 saturated heterocycles. The van der Waals surface area contributed by atoms with Crippen LogP contribution in [0.5, 0.6) is 5.75 Å². The first-order valence-corrected chi connectivity index (χ1v) is 9.72. The van der Waals surface area contributed by atoms with E-state index in [0.29, 0.717) is 10.7 Å². The fourth-order valence-electron chi connectivity index (χ4n) is 2.39. The fraction of sp³-hybridized carbons (Fsp3) is 0.111. The lowest BCUT2D eigenvalue weighted by molar-refractivity contribution is -0.123. The molecule has 4 nitrogen and oxygen atoms in total. The Labute approximate surface area is 166 Å². The van der Waals surface area contributed by atoms with Crippen LogP contribution in [0.1, 0.15) is 11.1 Å². The molecule has 7 heteroatoms. The van der Waals surface area contributed by atoms with Gasteiger partial charge in [-0.2, -0.15) is 0 Å². The zero-order valence-electron chi connectivity index (χ0n) is 13.2. The number of halogens is 2. The van der Waals surface area contributed by atoms with Crippen LogP contribution >= 0.6 is 43.6 Å². The lowest BCUT2D eigenvalue weighted by atomic mass is 10.1. The van der Waals surface area contributed by atoms with Crippen molar-refractivity contribution in [1.29, 1.82) is 0 Å². The molecular formula is C18H13Br2NO3S. The van der Waals surface area contributed by atoms with Crippen molar-refractivity contribution in [2.45, 2.75) is 6.54 Å². The number of benzene rings is 2. The molecule has 1 aliphatic rings. The van der Waals surface area contributed by atoms with Gasteiger partial charge in [-0.15, -0.1) is 0 Å². The second-order valence-electron chi connectivity index (χ2n) is 5.25. The number of methoxy groups -OCH3 is 1. The molecule has 0 aromatic heterocycles. The number of carbonyl (C=O) groups excluding carboxylic acids is 2. The monoisotopic (exact) mass is 481 g/mol. The summed E-state index contributed by atoms with van der Waals surface area (Å²) < 4.78 is 7.06. The van der Waals surface area contributed by atoms with E-state index in [2.05, 4.69) is 31.9 Å². The standard InChI is InChI=1S/C18H13Br2NO3S/c1-24-15-7-6-13(19)8-12(15)9-16-17(22)21(18(23)25-16)10-11-4-2-3-5-14(11)20/h2-9H,10H2,1H3/b16-9+. The number of amides is 2. The largest absolute Gasteiger partial charge is 0.496 e. The van der Waals surface area contributed by atoms with Gasteiger partial charge in [0.25, 0.3) is 11.1 Å². The van der Waals surface area contributed by atoms with Crippen LogP contribution in [0.25, 0.3) is 6.08 Å². The molecular weight excluding hydrogens is 470 g/mol. The first-order valence-electron chi connectivity index (χ1n) is 7.32. The topological polar surface area (TPSA) is 46.6 Å². The van der Waals surface area contributed by atoms with Crippen LogP contribution in [0.4, 0.5) is 4.79 Å². The van der Waals surface area contributed by atoms with E-state index in [9.17, 15) is 9.59 Å². The summed E-state index contributed by atoms with van der Waals surface area (Å²) in [5, 5.41) is -0.277. The third-order valence-electron chi connectivity index (χ3n) is 3.64. The van der Waals surface area contributed by atoms with Gasteiger partial charge in [0.2, 0.25) is 0 Å². The Balaban J connectivity index is 1.89. The number of ether oxygens (including phenoxy) is 1. The molecule has 2 aromatic rings. The van der Waals surface area contributed by atoms with E-state index in [4.69, 9.17) is 4.74 Å². The molecule has 0 spiro atoms. The second-order valence-corrected chi connectivity index (χ2v) is 8.01. The minimum Gasteiger partial charge on any atom is -0.496 e. The van der Waals surface area contributed by atoms with Crippen molar-refractivity contribution in [2.24, 2.45) is 0 Å². The zero-order chi connectivity index (χ0) is 18.0. The Morgan fingerprint density at radius 3 is 2.64 bits per heavy atom. The summed E-state index contributed by atoms with van der Waals surface area (Å²) >= 11 is 7.79. The third kappa shape index (κ3) is 3.99. The van der Waals surface area contributed by atoms with E-state index in [0.717, 1.165) is 31.8 Å². The average Bonchev–Trinajstić information content (AvgIpc) is 2.84. The van der Waals surface area contributed by atoms with E-state index >= 15 is 0 Å². The molecule has 1 fully saturated rings. The van der Waals surface area contributed by atoms with Gasteiger partial charge in [0.15, 0.2) is 0 Å². The van der Waals surface area contributed by atoms with Gasteiger partial charge in [-0.05, 0) is 47.7 Å². The molecule has 3 rings (SSSR count). The van der Waals surface area contributed by atoms with Crippen LogP contribution in [0.3, 0.4) is 0 Å². The van der Waals surface area contributed by atoms with Gasteiger partial charge in [0, 0.05) is 14.5 Å². The molecule has 1 aliphatic heterocycles. The number of imide groups is 1. The molecule has 0 atom stereocenters. The highest BCUT2D eigenvalue weighted by molar-refractivity contribution is 9.10. The number of nitrogens with zero attached hydrogens (tertiary/aromatic N) is 1. The average molecular weight is 483 g/mol. The summed E-state index contributed by atoms with van der Waals surface area (Å²) in [7, 11) is 1.57. The van der Waals surface area contributed by atoms with E-state index in [1.165, 1.54) is 4.90 Å². The van der Waals surface area contributed by atoms with Crippen molar-refractivity contribution >= 4 is 60.8 Å². The molecule has 0 N–H and O–H groups in total. The number of hydrogen-bond donors (Lipinski definition) is 0. The quantitative estimate of drug-likeness (QED) is 0.543. The summed E-state index contributed by atoms with van der Waals surface area (Å²) in [6.45, 7) is 0.235. The van der Waals surface area contributed by atoms with Crippen molar-refractivity contribution in [2.75, 3.05) is 7.11 Å². The first-order chi connectivity index (χ1) is 12.0.